The van der Waals surface area contributed by atoms with Crippen molar-refractivity contribution in [3.63, 3.8) is 0 Å². The fraction of sp³-hybridized carbons (Fsp3) is 0.565. The van der Waals surface area contributed by atoms with E-state index in [0.717, 1.165) is 38.3 Å². The van der Waals surface area contributed by atoms with Crippen LogP contribution in [-0.2, 0) is 11.2 Å². The maximum absolute atomic E-state index is 5.56. The Morgan fingerprint density at radius 2 is 1.72 bits per heavy atom. The van der Waals surface area contributed by atoms with Gasteiger partial charge in [-0.15, -0.1) is 0 Å². The van der Waals surface area contributed by atoms with Crippen LogP contribution in [0.15, 0.2) is 42.5 Å². The van der Waals surface area contributed by atoms with Crippen molar-refractivity contribution in [2.24, 2.45) is 5.92 Å². The van der Waals surface area contributed by atoms with Crippen molar-refractivity contribution in [1.29, 1.82) is 0 Å². The first-order valence-corrected chi connectivity index (χ1v) is 10.2. The van der Waals surface area contributed by atoms with Crippen molar-refractivity contribution in [2.45, 2.75) is 51.0 Å². The van der Waals surface area contributed by atoms with Crippen LogP contribution >= 0.6 is 0 Å². The van der Waals surface area contributed by atoms with Crippen molar-refractivity contribution in [2.75, 3.05) is 26.3 Å². The summed E-state index contributed by atoms with van der Waals surface area (Å²) in [4.78, 5) is 2.73. The minimum Gasteiger partial charge on any atom is -0.379 e. The molecule has 0 amide bonds. The van der Waals surface area contributed by atoms with Gasteiger partial charge in [0.1, 0.15) is 0 Å². The number of rotatable bonds is 5. The standard InChI is InChI=1S/C23H31NO/c1-2-9-22-18-19(12-13-20(22)7-1)6-5-10-21-8-3-4-11-23(21)24-14-16-25-17-15-24/h1-2,7,9,12-13,18,21,23H,3-6,8,10-11,14-17H2. The lowest BCUT2D eigenvalue weighted by atomic mass is 9.80. The van der Waals surface area contributed by atoms with Gasteiger partial charge in [0.05, 0.1) is 13.2 Å². The van der Waals surface area contributed by atoms with E-state index in [1.165, 1.54) is 61.3 Å². The summed E-state index contributed by atoms with van der Waals surface area (Å²) < 4.78 is 5.56. The summed E-state index contributed by atoms with van der Waals surface area (Å²) in [6.45, 7) is 4.15. The van der Waals surface area contributed by atoms with Crippen LogP contribution in [-0.4, -0.2) is 37.2 Å². The molecule has 2 aromatic rings. The lowest BCUT2D eigenvalue weighted by Gasteiger charge is -2.42. The molecule has 0 bridgehead atoms. The first-order valence-electron chi connectivity index (χ1n) is 10.2. The number of ether oxygens (including phenoxy) is 1. The summed E-state index contributed by atoms with van der Waals surface area (Å²) in [6, 6.07) is 16.5. The molecule has 4 rings (SSSR count). The second-order valence-electron chi connectivity index (χ2n) is 7.83. The Kier molecular flexibility index (Phi) is 5.68. The normalized spacial score (nSPS) is 25.3. The highest BCUT2D eigenvalue weighted by Gasteiger charge is 2.30. The van der Waals surface area contributed by atoms with Crippen molar-refractivity contribution >= 4 is 10.8 Å². The van der Waals surface area contributed by atoms with Gasteiger partial charge in [0.25, 0.3) is 0 Å². The van der Waals surface area contributed by atoms with E-state index < -0.39 is 0 Å². The van der Waals surface area contributed by atoms with Gasteiger partial charge in [0.2, 0.25) is 0 Å². The predicted molar refractivity (Wildman–Crippen MR) is 105 cm³/mol. The molecule has 1 saturated carbocycles. The fourth-order valence-corrected chi connectivity index (χ4v) is 4.88. The molecular weight excluding hydrogens is 306 g/mol. The minimum atomic E-state index is 0.814. The summed E-state index contributed by atoms with van der Waals surface area (Å²) in [5.74, 6) is 0.896. The summed E-state index contributed by atoms with van der Waals surface area (Å²) >= 11 is 0. The monoisotopic (exact) mass is 337 g/mol. The lowest BCUT2D eigenvalue weighted by molar-refractivity contribution is -0.00880. The molecule has 1 aliphatic heterocycles. The van der Waals surface area contributed by atoms with Crippen LogP contribution in [0.1, 0.15) is 44.1 Å². The van der Waals surface area contributed by atoms with Gasteiger partial charge in [0, 0.05) is 19.1 Å². The van der Waals surface area contributed by atoms with Crippen molar-refractivity contribution in [3.05, 3.63) is 48.0 Å². The molecule has 0 N–H and O–H groups in total. The van der Waals surface area contributed by atoms with Crippen LogP contribution in [0.3, 0.4) is 0 Å². The molecule has 2 aliphatic rings. The molecule has 0 aromatic heterocycles. The molecule has 2 aromatic carbocycles. The summed E-state index contributed by atoms with van der Waals surface area (Å²) in [5, 5.41) is 2.73. The van der Waals surface area contributed by atoms with Gasteiger partial charge >= 0.3 is 0 Å². The van der Waals surface area contributed by atoms with E-state index in [0.29, 0.717) is 0 Å². The maximum Gasteiger partial charge on any atom is 0.0594 e. The van der Waals surface area contributed by atoms with E-state index in [9.17, 15) is 0 Å². The number of nitrogens with zero attached hydrogens (tertiary/aromatic N) is 1. The summed E-state index contributed by atoms with van der Waals surface area (Å²) in [5.41, 5.74) is 1.50. The molecule has 0 radical (unpaired) electrons. The van der Waals surface area contributed by atoms with Crippen LogP contribution in [0, 0.1) is 5.92 Å². The minimum absolute atomic E-state index is 0.814. The zero-order valence-electron chi connectivity index (χ0n) is 15.3. The molecule has 134 valence electrons. The molecule has 25 heavy (non-hydrogen) atoms. The molecule has 1 aliphatic carbocycles. The van der Waals surface area contributed by atoms with Crippen molar-refractivity contribution in [3.8, 4) is 0 Å². The highest BCUT2D eigenvalue weighted by atomic mass is 16.5. The SMILES string of the molecule is c1ccc2cc(CCCC3CCCCC3N3CCOCC3)ccc2c1. The Morgan fingerprint density at radius 1 is 0.920 bits per heavy atom. The fourth-order valence-electron chi connectivity index (χ4n) is 4.88. The van der Waals surface area contributed by atoms with Gasteiger partial charge in [-0.25, -0.2) is 0 Å². The summed E-state index contributed by atoms with van der Waals surface area (Å²) in [6.07, 6.45) is 9.61. The molecule has 0 spiro atoms. The molecular formula is C23H31NO. The quantitative estimate of drug-likeness (QED) is 0.757. The Morgan fingerprint density at radius 3 is 2.60 bits per heavy atom. The molecule has 2 nitrogen and oxygen atoms in total. The second-order valence-corrected chi connectivity index (χ2v) is 7.83. The molecule has 2 unspecified atom stereocenters. The van der Waals surface area contributed by atoms with E-state index in [4.69, 9.17) is 4.74 Å². The van der Waals surface area contributed by atoms with E-state index in [-0.39, 0.29) is 0 Å². The number of hydrogen-bond acceptors (Lipinski definition) is 2. The zero-order chi connectivity index (χ0) is 16.9. The van der Waals surface area contributed by atoms with E-state index in [2.05, 4.69) is 47.4 Å². The van der Waals surface area contributed by atoms with Gasteiger partial charge in [0.15, 0.2) is 0 Å². The van der Waals surface area contributed by atoms with Crippen LogP contribution in [0.5, 0.6) is 0 Å². The number of fused-ring (bicyclic) bond motifs is 1. The largest absolute Gasteiger partial charge is 0.379 e. The molecule has 2 fully saturated rings. The first kappa shape index (κ1) is 17.1. The smallest absolute Gasteiger partial charge is 0.0594 e. The van der Waals surface area contributed by atoms with Crippen molar-refractivity contribution < 1.29 is 4.74 Å². The Labute approximate surface area is 152 Å². The third-order valence-corrected chi connectivity index (χ3v) is 6.24. The van der Waals surface area contributed by atoms with E-state index >= 15 is 0 Å². The van der Waals surface area contributed by atoms with Crippen LogP contribution < -0.4 is 0 Å². The molecule has 2 atom stereocenters. The van der Waals surface area contributed by atoms with Crippen molar-refractivity contribution in [1.82, 2.24) is 4.90 Å². The topological polar surface area (TPSA) is 12.5 Å². The lowest BCUT2D eigenvalue weighted by Crippen LogP contribution is -2.48. The van der Waals surface area contributed by atoms with Gasteiger partial charge in [-0.3, -0.25) is 4.90 Å². The zero-order valence-corrected chi connectivity index (χ0v) is 15.3. The van der Waals surface area contributed by atoms with Crippen LogP contribution in [0.25, 0.3) is 10.8 Å². The number of hydrogen-bond donors (Lipinski definition) is 0. The van der Waals surface area contributed by atoms with Gasteiger partial charge in [-0.05, 0) is 54.4 Å². The van der Waals surface area contributed by atoms with Gasteiger partial charge < -0.3 is 4.74 Å². The van der Waals surface area contributed by atoms with E-state index in [1.54, 1.807) is 0 Å². The number of aryl methyl sites for hydroxylation is 1. The molecule has 1 saturated heterocycles. The Hall–Kier alpha value is -1.38. The van der Waals surface area contributed by atoms with Gasteiger partial charge in [-0.1, -0.05) is 55.3 Å². The first-order chi connectivity index (χ1) is 12.4. The summed E-state index contributed by atoms with van der Waals surface area (Å²) in [7, 11) is 0. The Bertz CT molecular complexity index is 677. The second kappa shape index (κ2) is 8.33. The van der Waals surface area contributed by atoms with Crippen LogP contribution in [0.2, 0.25) is 0 Å². The van der Waals surface area contributed by atoms with Crippen LogP contribution in [0.4, 0.5) is 0 Å². The maximum atomic E-state index is 5.56. The average molecular weight is 338 g/mol. The number of benzene rings is 2. The average Bonchev–Trinajstić information content (AvgIpc) is 2.69. The predicted octanol–water partition coefficient (Wildman–Crippen LogP) is 5.05. The molecule has 1 heterocycles. The van der Waals surface area contributed by atoms with E-state index in [1.807, 2.05) is 0 Å². The molecule has 2 heteroatoms. The Balaban J connectivity index is 1.34. The highest BCUT2D eigenvalue weighted by Crippen LogP contribution is 2.32. The highest BCUT2D eigenvalue weighted by molar-refractivity contribution is 5.82. The third kappa shape index (κ3) is 4.24. The number of morpholine rings is 1. The van der Waals surface area contributed by atoms with Gasteiger partial charge in [-0.2, -0.15) is 0 Å². The third-order valence-electron chi connectivity index (χ3n) is 6.24.